The summed E-state index contributed by atoms with van der Waals surface area (Å²) in [6, 6.07) is 5.49. The topological polar surface area (TPSA) is 80.3 Å². The third-order valence-electron chi connectivity index (χ3n) is 2.59. The van der Waals surface area contributed by atoms with Crippen LogP contribution in [-0.2, 0) is 19.9 Å². The highest BCUT2D eigenvalue weighted by atomic mass is 32.2. The van der Waals surface area contributed by atoms with Gasteiger partial charge in [-0.1, -0.05) is 12.1 Å². The van der Waals surface area contributed by atoms with E-state index in [-0.39, 0.29) is 17.9 Å². The molecule has 108 valence electrons. The van der Waals surface area contributed by atoms with Gasteiger partial charge in [0.25, 0.3) is 0 Å². The van der Waals surface area contributed by atoms with Crippen LogP contribution in [-0.4, -0.2) is 34.6 Å². The summed E-state index contributed by atoms with van der Waals surface area (Å²) in [5.41, 5.74) is 2.33. The van der Waals surface area contributed by atoms with Gasteiger partial charge in [0.05, 0.1) is 17.2 Å². The molecule has 0 aliphatic carbocycles. The third kappa shape index (κ3) is 6.07. The predicted molar refractivity (Wildman–Crippen MR) is 77.7 cm³/mol. The minimum Gasteiger partial charge on any atom is -0.283 e. The maximum Gasteiger partial charge on any atom is 0.232 e. The Morgan fingerprint density at radius 2 is 1.68 bits per heavy atom. The number of sulfone groups is 1. The zero-order chi connectivity index (χ0) is 14.7. The van der Waals surface area contributed by atoms with Crippen LogP contribution in [0.25, 0.3) is 0 Å². The van der Waals surface area contributed by atoms with Crippen LogP contribution >= 0.6 is 0 Å². The van der Waals surface area contributed by atoms with Crippen molar-refractivity contribution in [2.24, 2.45) is 0 Å². The molecule has 0 aromatic heterocycles. The quantitative estimate of drug-likeness (QED) is 0.863. The van der Waals surface area contributed by atoms with Crippen molar-refractivity contribution in [2.75, 3.05) is 22.5 Å². The monoisotopic (exact) mass is 305 g/mol. The van der Waals surface area contributed by atoms with Gasteiger partial charge in [-0.2, -0.15) is 0 Å². The summed E-state index contributed by atoms with van der Waals surface area (Å²) in [5.74, 6) is -0.325. The number of hydrogen-bond donors (Lipinski definition) is 1. The summed E-state index contributed by atoms with van der Waals surface area (Å²) >= 11 is 0. The lowest BCUT2D eigenvalue weighted by atomic mass is 10.1. The summed E-state index contributed by atoms with van der Waals surface area (Å²) in [4.78, 5) is 0. The van der Waals surface area contributed by atoms with Crippen LogP contribution in [0, 0.1) is 13.8 Å². The van der Waals surface area contributed by atoms with E-state index in [9.17, 15) is 16.8 Å². The van der Waals surface area contributed by atoms with Gasteiger partial charge in [-0.25, -0.2) is 16.8 Å². The molecule has 1 aromatic carbocycles. The second-order valence-corrected chi connectivity index (χ2v) is 8.82. The average Bonchev–Trinajstić information content (AvgIpc) is 2.20. The minimum absolute atomic E-state index is 0.0963. The Kier molecular flexibility index (Phi) is 4.98. The first kappa shape index (κ1) is 16.0. The van der Waals surface area contributed by atoms with Gasteiger partial charge < -0.3 is 0 Å². The Morgan fingerprint density at radius 1 is 1.05 bits per heavy atom. The van der Waals surface area contributed by atoms with Gasteiger partial charge in [0, 0.05) is 6.26 Å². The fourth-order valence-corrected chi connectivity index (χ4v) is 3.61. The molecule has 0 heterocycles. The molecule has 0 saturated carbocycles. The number of aryl methyl sites for hydroxylation is 2. The molecule has 1 rings (SSSR count). The molecular weight excluding hydrogens is 286 g/mol. The molecule has 5 nitrogen and oxygen atoms in total. The fourth-order valence-electron chi connectivity index (χ4n) is 1.58. The van der Waals surface area contributed by atoms with Crippen molar-refractivity contribution in [3.63, 3.8) is 0 Å². The molecule has 1 N–H and O–H groups in total. The Hall–Kier alpha value is -1.08. The van der Waals surface area contributed by atoms with E-state index in [0.717, 1.165) is 17.4 Å². The van der Waals surface area contributed by atoms with Gasteiger partial charge in [0.2, 0.25) is 10.0 Å². The normalized spacial score (nSPS) is 12.4. The van der Waals surface area contributed by atoms with Gasteiger partial charge in [0.15, 0.2) is 0 Å². The molecule has 0 aliphatic rings. The van der Waals surface area contributed by atoms with Gasteiger partial charge >= 0.3 is 0 Å². The van der Waals surface area contributed by atoms with Crippen LogP contribution in [0.3, 0.4) is 0 Å². The Balaban J connectivity index is 2.72. The minimum atomic E-state index is -3.51. The van der Waals surface area contributed by atoms with E-state index in [1.165, 1.54) is 0 Å². The molecular formula is C12H19NO4S2. The Bertz CT molecular complexity index is 648. The number of hydrogen-bond acceptors (Lipinski definition) is 4. The third-order valence-corrected chi connectivity index (χ3v) is 4.97. The van der Waals surface area contributed by atoms with Crippen molar-refractivity contribution >= 4 is 25.5 Å². The lowest BCUT2D eigenvalue weighted by Gasteiger charge is -2.11. The molecule has 0 saturated heterocycles. The Labute approximate surface area is 115 Å². The summed E-state index contributed by atoms with van der Waals surface area (Å²) in [7, 11) is -6.64. The first-order valence-electron chi connectivity index (χ1n) is 5.84. The zero-order valence-corrected chi connectivity index (χ0v) is 12.9. The van der Waals surface area contributed by atoms with E-state index in [0.29, 0.717) is 5.69 Å². The summed E-state index contributed by atoms with van der Waals surface area (Å²) < 4.78 is 48.1. The summed E-state index contributed by atoms with van der Waals surface area (Å²) in [6.45, 7) is 3.69. The van der Waals surface area contributed by atoms with Crippen LogP contribution in [0.1, 0.15) is 17.5 Å². The van der Waals surface area contributed by atoms with Gasteiger partial charge in [0.1, 0.15) is 9.84 Å². The molecule has 1 aromatic rings. The highest BCUT2D eigenvalue weighted by molar-refractivity contribution is 7.93. The molecule has 0 spiro atoms. The van der Waals surface area contributed by atoms with Crippen molar-refractivity contribution in [3.05, 3.63) is 29.3 Å². The van der Waals surface area contributed by atoms with Crippen LogP contribution in [0.4, 0.5) is 5.69 Å². The maximum atomic E-state index is 11.8. The van der Waals surface area contributed by atoms with Crippen molar-refractivity contribution in [1.29, 1.82) is 0 Å². The van der Waals surface area contributed by atoms with Crippen molar-refractivity contribution in [1.82, 2.24) is 0 Å². The van der Waals surface area contributed by atoms with Crippen LogP contribution in [0.2, 0.25) is 0 Å². The fraction of sp³-hybridized carbons (Fsp3) is 0.500. The molecule has 0 amide bonds. The molecule has 0 radical (unpaired) electrons. The standard InChI is InChI=1S/C12H19NO4S2/c1-10-5-6-11(2)12(9-10)13-19(16,17)8-4-7-18(3,14)15/h5-6,9,13H,4,7-8H2,1-3H3. The summed E-state index contributed by atoms with van der Waals surface area (Å²) in [6.07, 6.45) is 1.19. The van der Waals surface area contributed by atoms with E-state index in [2.05, 4.69) is 4.72 Å². The first-order valence-corrected chi connectivity index (χ1v) is 9.56. The van der Waals surface area contributed by atoms with Gasteiger partial charge in [-0.3, -0.25) is 4.72 Å². The predicted octanol–water partition coefficient (Wildman–Crippen LogP) is 1.48. The van der Waals surface area contributed by atoms with E-state index < -0.39 is 19.9 Å². The van der Waals surface area contributed by atoms with Crippen molar-refractivity contribution < 1.29 is 16.8 Å². The van der Waals surface area contributed by atoms with Crippen LogP contribution in [0.5, 0.6) is 0 Å². The van der Waals surface area contributed by atoms with E-state index in [4.69, 9.17) is 0 Å². The van der Waals surface area contributed by atoms with Crippen LogP contribution < -0.4 is 4.72 Å². The number of nitrogens with one attached hydrogen (secondary N) is 1. The van der Waals surface area contributed by atoms with Gasteiger partial charge in [-0.15, -0.1) is 0 Å². The highest BCUT2D eigenvalue weighted by Crippen LogP contribution is 2.18. The lowest BCUT2D eigenvalue weighted by Crippen LogP contribution is -2.19. The largest absolute Gasteiger partial charge is 0.283 e. The van der Waals surface area contributed by atoms with Crippen LogP contribution in [0.15, 0.2) is 18.2 Å². The van der Waals surface area contributed by atoms with Crippen molar-refractivity contribution in [3.8, 4) is 0 Å². The molecule has 0 bridgehead atoms. The smallest absolute Gasteiger partial charge is 0.232 e. The van der Waals surface area contributed by atoms with Gasteiger partial charge in [-0.05, 0) is 37.5 Å². The Morgan fingerprint density at radius 3 is 2.26 bits per heavy atom. The van der Waals surface area contributed by atoms with E-state index >= 15 is 0 Å². The zero-order valence-electron chi connectivity index (χ0n) is 11.3. The number of anilines is 1. The molecule has 0 fully saturated rings. The average molecular weight is 305 g/mol. The maximum absolute atomic E-state index is 11.8. The molecule has 0 aliphatic heterocycles. The van der Waals surface area contributed by atoms with E-state index in [1.54, 1.807) is 6.07 Å². The second-order valence-electron chi connectivity index (χ2n) is 4.72. The van der Waals surface area contributed by atoms with E-state index in [1.807, 2.05) is 26.0 Å². The SMILES string of the molecule is Cc1ccc(C)c(NS(=O)(=O)CCCS(C)(=O)=O)c1. The molecule has 0 atom stereocenters. The van der Waals surface area contributed by atoms with Crippen molar-refractivity contribution in [2.45, 2.75) is 20.3 Å². The first-order chi connectivity index (χ1) is 8.59. The number of sulfonamides is 1. The molecule has 7 heteroatoms. The summed E-state index contributed by atoms with van der Waals surface area (Å²) in [5, 5.41) is 0. The second kappa shape index (κ2) is 5.92. The molecule has 0 unspecified atom stereocenters. The number of benzene rings is 1. The highest BCUT2D eigenvalue weighted by Gasteiger charge is 2.13. The lowest BCUT2D eigenvalue weighted by molar-refractivity contribution is 0.595. The molecule has 19 heavy (non-hydrogen) atoms. The number of rotatable bonds is 6.